The quantitative estimate of drug-likeness (QED) is 0.514. The van der Waals surface area contributed by atoms with E-state index in [2.05, 4.69) is 15.6 Å². The Bertz CT molecular complexity index is 1070. The summed E-state index contributed by atoms with van der Waals surface area (Å²) in [6.07, 6.45) is 1.52. The molecule has 2 N–H and O–H groups in total. The van der Waals surface area contributed by atoms with E-state index in [1.807, 2.05) is 18.2 Å². The predicted octanol–water partition coefficient (Wildman–Crippen LogP) is 3.37. The monoisotopic (exact) mass is 450 g/mol. The fourth-order valence-electron chi connectivity index (χ4n) is 3.32. The fraction of sp³-hybridized carbons (Fsp3) is 0.208. The number of aromatic nitrogens is 1. The van der Waals surface area contributed by atoms with Crippen LogP contribution in [-0.4, -0.2) is 53.9 Å². The van der Waals surface area contributed by atoms with Crippen molar-refractivity contribution in [1.29, 1.82) is 0 Å². The topological polar surface area (TPSA) is 83.6 Å². The molecule has 4 rings (SSSR count). The second kappa shape index (κ2) is 10.3. The standard InChI is InChI=1S/C24H23ClN4O3/c25-19-7-4-8-21(13-19)32-22-10-9-18(14-28-22)24(31)29-15-20(16-29)26-11-12-27-23(30)17-5-2-1-3-6-17/h1-10,13-14,20,26H,11-12,15-16H2,(H,27,30). The summed E-state index contributed by atoms with van der Waals surface area (Å²) in [6.45, 7) is 2.40. The van der Waals surface area contributed by atoms with Crippen molar-refractivity contribution in [2.45, 2.75) is 6.04 Å². The minimum Gasteiger partial charge on any atom is -0.439 e. The molecule has 2 heterocycles. The Morgan fingerprint density at radius 2 is 1.81 bits per heavy atom. The Labute approximate surface area is 191 Å². The van der Waals surface area contributed by atoms with Crippen LogP contribution in [0, 0.1) is 0 Å². The Kier molecular flexibility index (Phi) is 6.99. The van der Waals surface area contributed by atoms with Gasteiger partial charge in [-0.05, 0) is 36.4 Å². The van der Waals surface area contributed by atoms with Crippen LogP contribution in [-0.2, 0) is 0 Å². The summed E-state index contributed by atoms with van der Waals surface area (Å²) in [4.78, 5) is 30.6. The molecule has 2 aromatic carbocycles. The van der Waals surface area contributed by atoms with Crippen LogP contribution in [0.15, 0.2) is 72.9 Å². The number of likely N-dealkylation sites (tertiary alicyclic amines) is 1. The Hall–Kier alpha value is -3.42. The number of halogens is 1. The molecule has 7 nitrogen and oxygen atoms in total. The average Bonchev–Trinajstić information content (AvgIpc) is 2.78. The average molecular weight is 451 g/mol. The van der Waals surface area contributed by atoms with E-state index in [1.165, 1.54) is 6.20 Å². The third kappa shape index (κ3) is 5.63. The molecular formula is C24H23ClN4O3. The number of carbonyl (C=O) groups is 2. The lowest BCUT2D eigenvalue weighted by atomic mass is 10.1. The van der Waals surface area contributed by atoms with Crippen molar-refractivity contribution >= 4 is 23.4 Å². The number of hydrogen-bond acceptors (Lipinski definition) is 5. The van der Waals surface area contributed by atoms with Gasteiger partial charge in [-0.1, -0.05) is 35.9 Å². The van der Waals surface area contributed by atoms with Crippen molar-refractivity contribution in [3.05, 3.63) is 89.1 Å². The van der Waals surface area contributed by atoms with Gasteiger partial charge in [-0.25, -0.2) is 4.98 Å². The highest BCUT2D eigenvalue weighted by Crippen LogP contribution is 2.23. The number of benzene rings is 2. The van der Waals surface area contributed by atoms with Crippen molar-refractivity contribution in [3.63, 3.8) is 0 Å². The molecule has 0 spiro atoms. The molecule has 1 aromatic heterocycles. The lowest BCUT2D eigenvalue weighted by Gasteiger charge is -2.39. The summed E-state index contributed by atoms with van der Waals surface area (Å²) in [7, 11) is 0. The van der Waals surface area contributed by atoms with Gasteiger partial charge in [0.1, 0.15) is 5.75 Å². The molecule has 0 radical (unpaired) electrons. The number of rotatable bonds is 8. The lowest BCUT2D eigenvalue weighted by molar-refractivity contribution is 0.0568. The molecular weight excluding hydrogens is 428 g/mol. The largest absolute Gasteiger partial charge is 0.439 e. The van der Waals surface area contributed by atoms with Gasteiger partial charge in [0.2, 0.25) is 5.88 Å². The van der Waals surface area contributed by atoms with Crippen LogP contribution in [0.1, 0.15) is 20.7 Å². The summed E-state index contributed by atoms with van der Waals surface area (Å²) in [5.74, 6) is 0.820. The van der Waals surface area contributed by atoms with Crippen LogP contribution in [0.25, 0.3) is 0 Å². The van der Waals surface area contributed by atoms with E-state index in [0.717, 1.165) is 0 Å². The maximum absolute atomic E-state index is 12.6. The maximum Gasteiger partial charge on any atom is 0.255 e. The Morgan fingerprint density at radius 3 is 2.53 bits per heavy atom. The second-order valence-corrected chi connectivity index (χ2v) is 7.86. The molecule has 1 saturated heterocycles. The van der Waals surface area contributed by atoms with Gasteiger partial charge >= 0.3 is 0 Å². The molecule has 1 aliphatic heterocycles. The number of nitrogens with zero attached hydrogens (tertiary/aromatic N) is 2. The molecule has 164 valence electrons. The molecule has 3 aromatic rings. The van der Waals surface area contributed by atoms with Gasteiger partial charge in [-0.3, -0.25) is 9.59 Å². The van der Waals surface area contributed by atoms with E-state index in [0.29, 0.717) is 54.0 Å². The minimum atomic E-state index is -0.0897. The van der Waals surface area contributed by atoms with Crippen molar-refractivity contribution in [2.24, 2.45) is 0 Å². The molecule has 0 unspecified atom stereocenters. The SMILES string of the molecule is O=C(NCCNC1CN(C(=O)c2ccc(Oc3cccc(Cl)c3)nc2)C1)c1ccccc1. The van der Waals surface area contributed by atoms with E-state index in [-0.39, 0.29) is 17.9 Å². The van der Waals surface area contributed by atoms with Gasteiger partial charge < -0.3 is 20.3 Å². The molecule has 2 amide bonds. The highest BCUT2D eigenvalue weighted by molar-refractivity contribution is 6.30. The van der Waals surface area contributed by atoms with Crippen LogP contribution >= 0.6 is 11.6 Å². The smallest absolute Gasteiger partial charge is 0.255 e. The first-order valence-electron chi connectivity index (χ1n) is 10.3. The number of pyridine rings is 1. The third-order valence-corrected chi connectivity index (χ3v) is 5.29. The zero-order chi connectivity index (χ0) is 22.3. The number of nitrogens with one attached hydrogen (secondary N) is 2. The second-order valence-electron chi connectivity index (χ2n) is 7.43. The van der Waals surface area contributed by atoms with E-state index in [4.69, 9.17) is 16.3 Å². The van der Waals surface area contributed by atoms with Crippen molar-refractivity contribution < 1.29 is 14.3 Å². The minimum absolute atomic E-state index is 0.0674. The Balaban J connectivity index is 1.17. The molecule has 32 heavy (non-hydrogen) atoms. The van der Waals surface area contributed by atoms with Crippen LogP contribution < -0.4 is 15.4 Å². The third-order valence-electron chi connectivity index (χ3n) is 5.05. The van der Waals surface area contributed by atoms with Crippen molar-refractivity contribution in [1.82, 2.24) is 20.5 Å². The first-order chi connectivity index (χ1) is 15.6. The first kappa shape index (κ1) is 21.8. The summed E-state index contributed by atoms with van der Waals surface area (Å²) in [5.41, 5.74) is 1.16. The van der Waals surface area contributed by atoms with Crippen LogP contribution in [0.5, 0.6) is 11.6 Å². The summed E-state index contributed by atoms with van der Waals surface area (Å²) < 4.78 is 5.65. The highest BCUT2D eigenvalue weighted by Gasteiger charge is 2.30. The van der Waals surface area contributed by atoms with Gasteiger partial charge in [-0.2, -0.15) is 0 Å². The van der Waals surface area contributed by atoms with E-state index in [1.54, 1.807) is 53.4 Å². The molecule has 0 bridgehead atoms. The molecule has 8 heteroatoms. The molecule has 0 atom stereocenters. The number of carbonyl (C=O) groups excluding carboxylic acids is 2. The van der Waals surface area contributed by atoms with Gasteiger partial charge in [0, 0.05) is 55.1 Å². The van der Waals surface area contributed by atoms with Gasteiger partial charge in [-0.15, -0.1) is 0 Å². The first-order valence-corrected chi connectivity index (χ1v) is 10.7. The number of hydrogen-bond donors (Lipinski definition) is 2. The number of ether oxygens (including phenoxy) is 1. The molecule has 1 aliphatic rings. The summed E-state index contributed by atoms with van der Waals surface area (Å²) in [6, 6.07) is 19.7. The summed E-state index contributed by atoms with van der Waals surface area (Å²) in [5, 5.41) is 6.80. The fourth-order valence-corrected chi connectivity index (χ4v) is 3.50. The number of amides is 2. The normalized spacial score (nSPS) is 13.3. The maximum atomic E-state index is 12.6. The zero-order valence-corrected chi connectivity index (χ0v) is 18.1. The van der Waals surface area contributed by atoms with Crippen LogP contribution in [0.3, 0.4) is 0 Å². The Morgan fingerprint density at radius 1 is 1.00 bits per heavy atom. The zero-order valence-electron chi connectivity index (χ0n) is 17.3. The predicted molar refractivity (Wildman–Crippen MR) is 122 cm³/mol. The van der Waals surface area contributed by atoms with Crippen molar-refractivity contribution in [2.75, 3.05) is 26.2 Å². The van der Waals surface area contributed by atoms with E-state index < -0.39 is 0 Å². The van der Waals surface area contributed by atoms with E-state index in [9.17, 15) is 9.59 Å². The molecule has 0 aliphatic carbocycles. The van der Waals surface area contributed by atoms with Gasteiger partial charge in [0.05, 0.1) is 5.56 Å². The van der Waals surface area contributed by atoms with Crippen molar-refractivity contribution in [3.8, 4) is 11.6 Å². The molecule has 0 saturated carbocycles. The van der Waals surface area contributed by atoms with Crippen LogP contribution in [0.2, 0.25) is 5.02 Å². The van der Waals surface area contributed by atoms with Gasteiger partial charge in [0.25, 0.3) is 11.8 Å². The lowest BCUT2D eigenvalue weighted by Crippen LogP contribution is -2.60. The highest BCUT2D eigenvalue weighted by atomic mass is 35.5. The van der Waals surface area contributed by atoms with E-state index >= 15 is 0 Å². The molecule has 1 fully saturated rings. The summed E-state index contributed by atoms with van der Waals surface area (Å²) >= 11 is 5.95. The van der Waals surface area contributed by atoms with Gasteiger partial charge in [0.15, 0.2) is 0 Å². The van der Waals surface area contributed by atoms with Crippen LogP contribution in [0.4, 0.5) is 0 Å².